The van der Waals surface area contributed by atoms with Crippen LogP contribution in [0.15, 0.2) is 24.3 Å². The van der Waals surface area contributed by atoms with Crippen molar-refractivity contribution in [1.82, 2.24) is 9.80 Å². The van der Waals surface area contributed by atoms with Crippen molar-refractivity contribution < 1.29 is 19.2 Å². The first-order valence-corrected chi connectivity index (χ1v) is 10.1. The molecule has 0 spiro atoms. The summed E-state index contributed by atoms with van der Waals surface area (Å²) in [4.78, 5) is 54.3. The van der Waals surface area contributed by atoms with Gasteiger partial charge in [0.15, 0.2) is 0 Å². The second kappa shape index (κ2) is 7.37. The lowest BCUT2D eigenvalue weighted by Crippen LogP contribution is -2.48. The third-order valence-electron chi connectivity index (χ3n) is 6.19. The smallest absolute Gasteiger partial charge is 0.311 e. The molecule has 0 unspecified atom stereocenters. The summed E-state index contributed by atoms with van der Waals surface area (Å²) in [5.41, 5.74) is 1.90. The van der Waals surface area contributed by atoms with Crippen LogP contribution in [0, 0.1) is 5.92 Å². The highest BCUT2D eigenvalue weighted by Crippen LogP contribution is 2.32. The van der Waals surface area contributed by atoms with Crippen molar-refractivity contribution in [2.24, 2.45) is 5.92 Å². The van der Waals surface area contributed by atoms with Gasteiger partial charge in [-0.05, 0) is 43.2 Å². The largest absolute Gasteiger partial charge is 0.334 e. The Morgan fingerprint density at radius 3 is 2.57 bits per heavy atom. The van der Waals surface area contributed by atoms with Gasteiger partial charge in [0.1, 0.15) is 6.54 Å². The Balaban J connectivity index is 1.52. The van der Waals surface area contributed by atoms with E-state index in [-0.39, 0.29) is 17.9 Å². The molecule has 3 aliphatic rings. The van der Waals surface area contributed by atoms with Gasteiger partial charge in [-0.3, -0.25) is 19.3 Å². The molecule has 1 aliphatic carbocycles. The van der Waals surface area contributed by atoms with Gasteiger partial charge in [-0.25, -0.2) is 9.69 Å². The zero-order valence-electron chi connectivity index (χ0n) is 16.1. The van der Waals surface area contributed by atoms with Gasteiger partial charge < -0.3 is 4.90 Å². The van der Waals surface area contributed by atoms with Gasteiger partial charge in [-0.1, -0.05) is 38.0 Å². The molecule has 7 heteroatoms. The van der Waals surface area contributed by atoms with Crippen LogP contribution in [0.2, 0.25) is 0 Å². The monoisotopic (exact) mass is 383 g/mol. The number of aryl methyl sites for hydroxylation is 1. The number of hydrogen-bond donors (Lipinski definition) is 0. The molecule has 1 aromatic carbocycles. The van der Waals surface area contributed by atoms with E-state index in [1.165, 1.54) is 0 Å². The number of benzene rings is 1. The lowest BCUT2D eigenvalue weighted by atomic mass is 9.85. The Morgan fingerprint density at radius 1 is 1.04 bits per heavy atom. The first-order chi connectivity index (χ1) is 13.5. The Kier molecular flexibility index (Phi) is 4.91. The minimum absolute atomic E-state index is 0.166. The van der Waals surface area contributed by atoms with Gasteiger partial charge in [-0.2, -0.15) is 0 Å². The van der Waals surface area contributed by atoms with Crippen molar-refractivity contribution in [3.63, 3.8) is 0 Å². The van der Waals surface area contributed by atoms with Crippen LogP contribution in [0.3, 0.4) is 0 Å². The molecule has 0 radical (unpaired) electrons. The molecular formula is C21H25N3O4. The van der Waals surface area contributed by atoms with E-state index in [2.05, 4.69) is 0 Å². The topological polar surface area (TPSA) is 78.0 Å². The van der Waals surface area contributed by atoms with Crippen molar-refractivity contribution in [1.29, 1.82) is 0 Å². The number of carbonyl (C=O) groups is 4. The summed E-state index contributed by atoms with van der Waals surface area (Å²) in [6.45, 7) is 2.16. The molecule has 0 aromatic heterocycles. The van der Waals surface area contributed by atoms with E-state index in [0.29, 0.717) is 13.0 Å². The number of rotatable bonds is 3. The van der Waals surface area contributed by atoms with E-state index in [0.717, 1.165) is 53.2 Å². The highest BCUT2D eigenvalue weighted by Gasteiger charge is 2.49. The van der Waals surface area contributed by atoms with E-state index >= 15 is 0 Å². The van der Waals surface area contributed by atoms with Crippen molar-refractivity contribution in [2.45, 2.75) is 51.5 Å². The minimum Gasteiger partial charge on any atom is -0.311 e. The van der Waals surface area contributed by atoms with Crippen LogP contribution in [0.25, 0.3) is 0 Å². The van der Waals surface area contributed by atoms with Gasteiger partial charge >= 0.3 is 17.8 Å². The molecule has 4 rings (SSSR count). The van der Waals surface area contributed by atoms with E-state index in [9.17, 15) is 19.2 Å². The number of imide groups is 2. The summed E-state index contributed by atoms with van der Waals surface area (Å²) in [6.07, 6.45) is 5.37. The van der Waals surface area contributed by atoms with Gasteiger partial charge in [-0.15, -0.1) is 0 Å². The van der Waals surface area contributed by atoms with Gasteiger partial charge in [0.25, 0.3) is 0 Å². The molecule has 1 aromatic rings. The Bertz CT molecular complexity index is 837. The lowest BCUT2D eigenvalue weighted by molar-refractivity contribution is -0.145. The average Bonchev–Trinajstić information content (AvgIpc) is 2.91. The number of para-hydroxylation sites is 1. The number of anilines is 1. The molecule has 28 heavy (non-hydrogen) atoms. The molecule has 7 nitrogen and oxygen atoms in total. The number of hydrogen-bond acceptors (Lipinski definition) is 4. The molecule has 2 heterocycles. The van der Waals surface area contributed by atoms with Crippen molar-refractivity contribution >= 4 is 29.4 Å². The number of urea groups is 1. The fraction of sp³-hybridized carbons (Fsp3) is 0.524. The fourth-order valence-corrected chi connectivity index (χ4v) is 4.65. The Hall–Kier alpha value is -2.70. The van der Waals surface area contributed by atoms with Crippen LogP contribution < -0.4 is 4.90 Å². The van der Waals surface area contributed by atoms with Crippen LogP contribution >= 0.6 is 0 Å². The summed E-state index contributed by atoms with van der Waals surface area (Å²) >= 11 is 0. The maximum atomic E-state index is 12.9. The molecule has 5 amide bonds. The third kappa shape index (κ3) is 3.08. The van der Waals surface area contributed by atoms with E-state index in [1.807, 2.05) is 31.2 Å². The summed E-state index contributed by atoms with van der Waals surface area (Å²) in [7, 11) is 0. The zero-order valence-corrected chi connectivity index (χ0v) is 16.1. The first-order valence-electron chi connectivity index (χ1n) is 10.1. The quantitative estimate of drug-likeness (QED) is 0.593. The zero-order chi connectivity index (χ0) is 19.8. The first kappa shape index (κ1) is 18.7. The van der Waals surface area contributed by atoms with Gasteiger partial charge in [0, 0.05) is 18.3 Å². The maximum absolute atomic E-state index is 12.9. The molecule has 1 saturated carbocycles. The molecule has 2 atom stereocenters. The minimum atomic E-state index is -0.888. The van der Waals surface area contributed by atoms with Crippen molar-refractivity contribution in [2.75, 3.05) is 18.0 Å². The fourth-order valence-electron chi connectivity index (χ4n) is 4.65. The maximum Gasteiger partial charge on any atom is 0.334 e. The SMILES string of the molecule is C[C@H]1CCCC[C@@H]1N1C(=O)C(=O)N(CC(=O)N2CCCc3ccccc32)C1=O. The van der Waals surface area contributed by atoms with Crippen molar-refractivity contribution in [3.8, 4) is 0 Å². The molecule has 2 aliphatic heterocycles. The van der Waals surface area contributed by atoms with Gasteiger partial charge in [0.2, 0.25) is 5.91 Å². The molecule has 0 bridgehead atoms. The standard InChI is InChI=1S/C21H25N3O4/c1-14-7-2-4-10-16(14)24-20(27)19(26)23(21(24)28)13-18(25)22-12-6-9-15-8-3-5-11-17(15)22/h3,5,8,11,14,16H,2,4,6-7,9-10,12-13H2,1H3/t14-,16-/m0/s1. The molecule has 148 valence electrons. The summed E-state index contributed by atoms with van der Waals surface area (Å²) in [5, 5.41) is 0. The molecule has 2 fully saturated rings. The highest BCUT2D eigenvalue weighted by molar-refractivity contribution is 6.45. The van der Waals surface area contributed by atoms with Crippen LogP contribution in [-0.2, 0) is 20.8 Å². The highest BCUT2D eigenvalue weighted by atomic mass is 16.2. The van der Waals surface area contributed by atoms with Gasteiger partial charge in [0.05, 0.1) is 0 Å². The second-order valence-electron chi connectivity index (χ2n) is 7.96. The van der Waals surface area contributed by atoms with Crippen LogP contribution in [0.5, 0.6) is 0 Å². The average molecular weight is 383 g/mol. The third-order valence-corrected chi connectivity index (χ3v) is 6.19. The summed E-state index contributed by atoms with van der Waals surface area (Å²) in [6, 6.07) is 6.76. The van der Waals surface area contributed by atoms with Crippen LogP contribution in [0.4, 0.5) is 10.5 Å². The Labute approximate surface area is 164 Å². The Morgan fingerprint density at radius 2 is 1.79 bits per heavy atom. The number of nitrogens with zero attached hydrogens (tertiary/aromatic N) is 3. The van der Waals surface area contributed by atoms with Crippen LogP contribution in [-0.4, -0.2) is 52.7 Å². The predicted octanol–water partition coefficient (Wildman–Crippen LogP) is 2.34. The lowest BCUT2D eigenvalue weighted by Gasteiger charge is -2.34. The number of fused-ring (bicyclic) bond motifs is 1. The van der Waals surface area contributed by atoms with Crippen LogP contribution in [0.1, 0.15) is 44.6 Å². The van der Waals surface area contributed by atoms with E-state index in [1.54, 1.807) is 4.90 Å². The second-order valence-corrected chi connectivity index (χ2v) is 7.96. The molecule has 0 N–H and O–H groups in total. The summed E-state index contributed by atoms with van der Waals surface area (Å²) < 4.78 is 0. The van der Waals surface area contributed by atoms with Crippen molar-refractivity contribution in [3.05, 3.63) is 29.8 Å². The number of carbonyl (C=O) groups excluding carboxylic acids is 4. The molecule has 1 saturated heterocycles. The molecular weight excluding hydrogens is 358 g/mol. The normalized spacial score (nSPS) is 25.3. The number of amides is 5. The predicted molar refractivity (Wildman–Crippen MR) is 102 cm³/mol. The summed E-state index contributed by atoms with van der Waals surface area (Å²) in [5.74, 6) is -1.85. The van der Waals surface area contributed by atoms with E-state index < -0.39 is 24.4 Å². The van der Waals surface area contributed by atoms with E-state index in [4.69, 9.17) is 0 Å².